The lowest BCUT2D eigenvalue weighted by Gasteiger charge is -2.30. The molecular weight excluding hydrogens is 218 g/mol. The van der Waals surface area contributed by atoms with Crippen LogP contribution in [0.3, 0.4) is 0 Å². The first-order valence-corrected chi connectivity index (χ1v) is 7.26. The first-order chi connectivity index (χ1) is 8.43. The van der Waals surface area contributed by atoms with Gasteiger partial charge in [-0.3, -0.25) is 0 Å². The Morgan fingerprint density at radius 3 is 2.17 bits per heavy atom. The van der Waals surface area contributed by atoms with Gasteiger partial charge in [-0.25, -0.2) is 0 Å². The third-order valence-corrected chi connectivity index (χ3v) is 3.89. The molecule has 1 atom stereocenters. The van der Waals surface area contributed by atoms with E-state index >= 15 is 0 Å². The summed E-state index contributed by atoms with van der Waals surface area (Å²) in [6.45, 7) is 19.3. The quantitative estimate of drug-likeness (QED) is 0.437. The molecule has 1 heteroatoms. The lowest BCUT2D eigenvalue weighted by atomic mass is 9.99. The molecule has 1 unspecified atom stereocenters. The minimum absolute atomic E-state index is 0.367. The average molecular weight is 247 g/mol. The lowest BCUT2D eigenvalue weighted by Crippen LogP contribution is -2.28. The molecule has 0 aromatic carbocycles. The highest BCUT2D eigenvalue weighted by Gasteiger charge is 2.25. The average Bonchev–Trinajstić information content (AvgIpc) is 2.63. The maximum absolute atomic E-state index is 4.26. The van der Waals surface area contributed by atoms with E-state index in [0.717, 1.165) is 25.2 Å². The summed E-state index contributed by atoms with van der Waals surface area (Å²) < 4.78 is 0. The van der Waals surface area contributed by atoms with E-state index in [0.29, 0.717) is 6.04 Å². The molecule has 0 aliphatic carbocycles. The van der Waals surface area contributed by atoms with E-state index in [-0.39, 0.29) is 0 Å². The van der Waals surface area contributed by atoms with Crippen LogP contribution in [0.1, 0.15) is 59.3 Å². The van der Waals surface area contributed by atoms with Crippen molar-refractivity contribution in [3.63, 3.8) is 0 Å². The summed E-state index contributed by atoms with van der Waals surface area (Å²) in [5, 5.41) is 0. The fourth-order valence-corrected chi connectivity index (χ4v) is 2.60. The van der Waals surface area contributed by atoms with Crippen LogP contribution in [0.2, 0.25) is 0 Å². The van der Waals surface area contributed by atoms with Crippen molar-refractivity contribution in [2.24, 2.45) is 5.92 Å². The fraction of sp³-hybridized carbons (Fsp3) is 0.647. The Balaban J connectivity index is 2.37. The Hall–Kier alpha value is -0.980. The van der Waals surface area contributed by atoms with Gasteiger partial charge in [0.2, 0.25) is 0 Å². The molecule has 18 heavy (non-hydrogen) atoms. The molecule has 1 nitrogen and oxygen atoms in total. The van der Waals surface area contributed by atoms with Gasteiger partial charge in [0.25, 0.3) is 0 Å². The van der Waals surface area contributed by atoms with E-state index in [2.05, 4.69) is 45.4 Å². The zero-order valence-corrected chi connectivity index (χ0v) is 12.5. The van der Waals surface area contributed by atoms with Gasteiger partial charge in [0.1, 0.15) is 0 Å². The Morgan fingerprint density at radius 1 is 1.11 bits per heavy atom. The first kappa shape index (κ1) is 15.1. The van der Waals surface area contributed by atoms with Crippen LogP contribution in [0.4, 0.5) is 0 Å². The second-order valence-corrected chi connectivity index (χ2v) is 5.98. The zero-order valence-electron chi connectivity index (χ0n) is 12.5. The second-order valence-electron chi connectivity index (χ2n) is 5.98. The summed E-state index contributed by atoms with van der Waals surface area (Å²) in [6.07, 6.45) is 7.14. The molecule has 1 aliphatic rings. The molecule has 0 aromatic heterocycles. The van der Waals surface area contributed by atoms with Gasteiger partial charge in [-0.2, -0.15) is 0 Å². The number of hydrogen-bond acceptors (Lipinski definition) is 1. The summed E-state index contributed by atoms with van der Waals surface area (Å²) in [6, 6.07) is 0.367. The largest absolute Gasteiger partial charge is 0.343 e. The van der Waals surface area contributed by atoms with Gasteiger partial charge in [0.15, 0.2) is 0 Å². The van der Waals surface area contributed by atoms with Crippen molar-refractivity contribution >= 4 is 0 Å². The van der Waals surface area contributed by atoms with Crippen LogP contribution >= 0.6 is 0 Å². The smallest absolute Gasteiger partial charge is 0.0513 e. The Bertz CT molecular complexity index is 309. The van der Waals surface area contributed by atoms with E-state index in [1.807, 2.05) is 0 Å². The molecule has 0 N–H and O–H groups in total. The van der Waals surface area contributed by atoms with Crippen LogP contribution in [-0.2, 0) is 0 Å². The lowest BCUT2D eigenvalue weighted by molar-refractivity contribution is 0.385. The molecule has 1 heterocycles. The molecule has 1 rings (SSSR count). The predicted octanol–water partition coefficient (Wildman–Crippen LogP) is 5.27. The van der Waals surface area contributed by atoms with E-state index in [1.54, 1.807) is 0 Å². The van der Waals surface area contributed by atoms with Crippen molar-refractivity contribution in [2.75, 3.05) is 0 Å². The van der Waals surface area contributed by atoms with Gasteiger partial charge in [-0.15, -0.1) is 0 Å². The summed E-state index contributed by atoms with van der Waals surface area (Å²) in [4.78, 5) is 2.28. The third-order valence-electron chi connectivity index (χ3n) is 3.89. The number of unbranched alkanes of at least 4 members (excludes halogenated alkanes) is 1. The molecule has 0 bridgehead atoms. The molecule has 0 spiro atoms. The van der Waals surface area contributed by atoms with Crippen molar-refractivity contribution in [1.82, 2.24) is 4.90 Å². The number of nitrogens with zero attached hydrogens (tertiary/aromatic N) is 1. The van der Waals surface area contributed by atoms with Gasteiger partial charge in [-0.1, -0.05) is 52.0 Å². The Labute approximate surface area is 113 Å². The van der Waals surface area contributed by atoms with Crippen molar-refractivity contribution in [2.45, 2.75) is 65.3 Å². The molecule has 1 aliphatic heterocycles. The molecule has 1 saturated heterocycles. The van der Waals surface area contributed by atoms with Crippen molar-refractivity contribution in [3.8, 4) is 0 Å². The molecular formula is C17H29N. The van der Waals surface area contributed by atoms with E-state index in [1.165, 1.54) is 36.2 Å². The molecule has 102 valence electrons. The number of rotatable bonds is 7. The highest BCUT2D eigenvalue weighted by atomic mass is 15.2. The SMILES string of the molecule is C=C(CCCCC(C)C)C(C)N1C(=C)CCC1=C. The molecule has 0 radical (unpaired) electrons. The van der Waals surface area contributed by atoms with Gasteiger partial charge in [-0.05, 0) is 38.5 Å². The minimum Gasteiger partial charge on any atom is -0.343 e. The van der Waals surface area contributed by atoms with Gasteiger partial charge >= 0.3 is 0 Å². The monoisotopic (exact) mass is 247 g/mol. The molecule has 0 amide bonds. The number of allylic oxidation sites excluding steroid dienone is 2. The number of likely N-dealkylation sites (tertiary alicyclic amines) is 1. The maximum atomic E-state index is 4.26. The Kier molecular flexibility index (Phi) is 5.71. The van der Waals surface area contributed by atoms with Crippen LogP contribution in [0.25, 0.3) is 0 Å². The van der Waals surface area contributed by atoms with Crippen LogP contribution in [0.5, 0.6) is 0 Å². The van der Waals surface area contributed by atoms with Crippen LogP contribution in [-0.4, -0.2) is 10.9 Å². The minimum atomic E-state index is 0.367. The zero-order chi connectivity index (χ0) is 13.7. The first-order valence-electron chi connectivity index (χ1n) is 7.26. The van der Waals surface area contributed by atoms with Crippen LogP contribution < -0.4 is 0 Å². The maximum Gasteiger partial charge on any atom is 0.0513 e. The highest BCUT2D eigenvalue weighted by molar-refractivity contribution is 5.22. The van der Waals surface area contributed by atoms with Gasteiger partial charge in [0.05, 0.1) is 6.04 Å². The van der Waals surface area contributed by atoms with Gasteiger partial charge < -0.3 is 4.90 Å². The van der Waals surface area contributed by atoms with Gasteiger partial charge in [0, 0.05) is 11.4 Å². The second kappa shape index (κ2) is 6.82. The Morgan fingerprint density at radius 2 is 1.67 bits per heavy atom. The summed E-state index contributed by atoms with van der Waals surface area (Å²) in [5.74, 6) is 0.814. The predicted molar refractivity (Wildman–Crippen MR) is 81.3 cm³/mol. The standard InChI is InChI=1S/C17H29N/c1-13(2)9-7-8-10-14(3)17(6)18-15(4)11-12-16(18)5/h13,17H,3-5,7-12H2,1-2,6H3. The number of hydrogen-bond donors (Lipinski definition) is 0. The summed E-state index contributed by atoms with van der Waals surface area (Å²) in [5.41, 5.74) is 3.73. The molecule has 1 fully saturated rings. The molecule has 0 aromatic rings. The van der Waals surface area contributed by atoms with E-state index < -0.39 is 0 Å². The third kappa shape index (κ3) is 4.04. The highest BCUT2D eigenvalue weighted by Crippen LogP contribution is 2.33. The van der Waals surface area contributed by atoms with Crippen LogP contribution in [0, 0.1) is 5.92 Å². The summed E-state index contributed by atoms with van der Waals surface area (Å²) >= 11 is 0. The summed E-state index contributed by atoms with van der Waals surface area (Å²) in [7, 11) is 0. The van der Waals surface area contributed by atoms with E-state index in [9.17, 15) is 0 Å². The fourth-order valence-electron chi connectivity index (χ4n) is 2.60. The van der Waals surface area contributed by atoms with E-state index in [4.69, 9.17) is 0 Å². The van der Waals surface area contributed by atoms with Crippen molar-refractivity contribution in [1.29, 1.82) is 0 Å². The topological polar surface area (TPSA) is 3.24 Å². The van der Waals surface area contributed by atoms with Crippen molar-refractivity contribution < 1.29 is 0 Å². The molecule has 0 saturated carbocycles. The van der Waals surface area contributed by atoms with Crippen molar-refractivity contribution in [3.05, 3.63) is 36.7 Å². The normalized spacial score (nSPS) is 17.7. The van der Waals surface area contributed by atoms with Crippen LogP contribution in [0.15, 0.2) is 36.7 Å².